The SMILES string of the molecule is CNCC(=O)c1c2c(cc3c1OCCC3)OCCC2. The van der Waals surface area contributed by atoms with Gasteiger partial charge in [0.25, 0.3) is 0 Å². The molecule has 2 aliphatic heterocycles. The minimum Gasteiger partial charge on any atom is -0.493 e. The zero-order valence-corrected chi connectivity index (χ0v) is 11.3. The van der Waals surface area contributed by atoms with E-state index in [1.807, 2.05) is 0 Å². The van der Waals surface area contributed by atoms with E-state index in [-0.39, 0.29) is 5.78 Å². The van der Waals surface area contributed by atoms with Crippen LogP contribution in [0.3, 0.4) is 0 Å². The van der Waals surface area contributed by atoms with Crippen LogP contribution in [0.5, 0.6) is 11.5 Å². The van der Waals surface area contributed by atoms with Gasteiger partial charge in [-0.3, -0.25) is 4.79 Å². The van der Waals surface area contributed by atoms with Crippen LogP contribution in [0.1, 0.15) is 34.3 Å². The van der Waals surface area contributed by atoms with Crippen LogP contribution in [0.2, 0.25) is 0 Å². The summed E-state index contributed by atoms with van der Waals surface area (Å²) in [6.45, 7) is 1.78. The van der Waals surface area contributed by atoms with Crippen molar-refractivity contribution in [2.24, 2.45) is 0 Å². The predicted octanol–water partition coefficient (Wildman–Crippen LogP) is 1.74. The number of rotatable bonds is 3. The lowest BCUT2D eigenvalue weighted by atomic mass is 9.91. The molecular weight excluding hydrogens is 242 g/mol. The molecule has 1 aromatic carbocycles. The summed E-state index contributed by atoms with van der Waals surface area (Å²) >= 11 is 0. The Balaban J connectivity index is 2.14. The molecule has 0 spiro atoms. The van der Waals surface area contributed by atoms with E-state index in [4.69, 9.17) is 9.47 Å². The van der Waals surface area contributed by atoms with Crippen LogP contribution in [0, 0.1) is 0 Å². The number of carbonyl (C=O) groups is 1. The van der Waals surface area contributed by atoms with Gasteiger partial charge in [0.05, 0.1) is 25.3 Å². The molecule has 1 aromatic rings. The average Bonchev–Trinajstić information content (AvgIpc) is 2.44. The molecule has 102 valence electrons. The second-order valence-corrected chi connectivity index (χ2v) is 5.07. The molecule has 0 aromatic heterocycles. The molecule has 2 heterocycles. The molecule has 2 aliphatic rings. The highest BCUT2D eigenvalue weighted by molar-refractivity contribution is 6.02. The van der Waals surface area contributed by atoms with E-state index in [0.29, 0.717) is 13.2 Å². The van der Waals surface area contributed by atoms with Gasteiger partial charge in [-0.25, -0.2) is 0 Å². The number of Topliss-reactive ketones (excluding diaryl/α,β-unsaturated/α-hetero) is 1. The number of carbonyl (C=O) groups excluding carboxylic acids is 1. The Kier molecular flexibility index (Phi) is 3.42. The third kappa shape index (κ3) is 2.21. The summed E-state index contributed by atoms with van der Waals surface area (Å²) in [5.74, 6) is 1.79. The molecule has 0 atom stereocenters. The van der Waals surface area contributed by atoms with Crippen molar-refractivity contribution in [3.05, 3.63) is 22.8 Å². The number of hydrogen-bond acceptors (Lipinski definition) is 4. The van der Waals surface area contributed by atoms with Crippen molar-refractivity contribution < 1.29 is 14.3 Å². The number of fused-ring (bicyclic) bond motifs is 2. The van der Waals surface area contributed by atoms with E-state index in [0.717, 1.165) is 60.5 Å². The van der Waals surface area contributed by atoms with E-state index in [2.05, 4.69) is 11.4 Å². The zero-order chi connectivity index (χ0) is 13.2. The lowest BCUT2D eigenvalue weighted by molar-refractivity contribution is 0.0986. The summed E-state index contributed by atoms with van der Waals surface area (Å²) in [4.78, 5) is 12.4. The fourth-order valence-electron chi connectivity index (χ4n) is 2.87. The Morgan fingerprint density at radius 3 is 2.89 bits per heavy atom. The largest absolute Gasteiger partial charge is 0.493 e. The third-order valence-corrected chi connectivity index (χ3v) is 3.70. The van der Waals surface area contributed by atoms with Crippen LogP contribution in [0.15, 0.2) is 6.07 Å². The highest BCUT2D eigenvalue weighted by Gasteiger charge is 2.27. The number of hydrogen-bond donors (Lipinski definition) is 1. The molecule has 0 saturated heterocycles. The molecular formula is C15H19NO3. The van der Waals surface area contributed by atoms with E-state index >= 15 is 0 Å². The summed E-state index contributed by atoms with van der Waals surface area (Å²) in [5, 5.41) is 2.93. The Labute approximate surface area is 113 Å². The average molecular weight is 261 g/mol. The Morgan fingerprint density at radius 2 is 2.05 bits per heavy atom. The first-order chi connectivity index (χ1) is 9.31. The van der Waals surface area contributed by atoms with Gasteiger partial charge in [-0.05, 0) is 44.4 Å². The molecule has 4 nitrogen and oxygen atoms in total. The molecule has 19 heavy (non-hydrogen) atoms. The lowest BCUT2D eigenvalue weighted by Gasteiger charge is -2.27. The second-order valence-electron chi connectivity index (χ2n) is 5.07. The molecule has 0 bridgehead atoms. The number of nitrogens with one attached hydrogen (secondary N) is 1. The summed E-state index contributed by atoms with van der Waals surface area (Å²) in [7, 11) is 1.79. The topological polar surface area (TPSA) is 47.6 Å². The van der Waals surface area contributed by atoms with Crippen LogP contribution in [0.4, 0.5) is 0 Å². The fourth-order valence-corrected chi connectivity index (χ4v) is 2.87. The maximum atomic E-state index is 12.4. The maximum absolute atomic E-state index is 12.4. The van der Waals surface area contributed by atoms with Crippen LogP contribution >= 0.6 is 0 Å². The van der Waals surface area contributed by atoms with Crippen molar-refractivity contribution in [2.75, 3.05) is 26.8 Å². The third-order valence-electron chi connectivity index (χ3n) is 3.70. The van der Waals surface area contributed by atoms with Crippen LogP contribution in [0.25, 0.3) is 0 Å². The minimum atomic E-state index is 0.1000. The molecule has 0 saturated carbocycles. The summed E-state index contributed by atoms with van der Waals surface area (Å²) in [5.41, 5.74) is 2.90. The summed E-state index contributed by atoms with van der Waals surface area (Å²) in [6, 6.07) is 2.07. The summed E-state index contributed by atoms with van der Waals surface area (Å²) < 4.78 is 11.5. The molecule has 0 aliphatic carbocycles. The maximum Gasteiger partial charge on any atom is 0.180 e. The van der Waals surface area contributed by atoms with Crippen molar-refractivity contribution in [3.8, 4) is 11.5 Å². The number of likely N-dealkylation sites (N-methyl/N-ethyl adjacent to an activating group) is 1. The number of aryl methyl sites for hydroxylation is 1. The molecule has 0 unspecified atom stereocenters. The van der Waals surface area contributed by atoms with Crippen molar-refractivity contribution in [3.63, 3.8) is 0 Å². The van der Waals surface area contributed by atoms with E-state index in [1.54, 1.807) is 7.05 Å². The number of ether oxygens (including phenoxy) is 2. The first kappa shape index (κ1) is 12.5. The highest BCUT2D eigenvalue weighted by Crippen LogP contribution is 2.39. The molecule has 0 amide bonds. The Bertz CT molecular complexity index is 476. The molecule has 0 radical (unpaired) electrons. The predicted molar refractivity (Wildman–Crippen MR) is 72.3 cm³/mol. The van der Waals surface area contributed by atoms with Gasteiger partial charge in [0.15, 0.2) is 5.78 Å². The van der Waals surface area contributed by atoms with Gasteiger partial charge in [0.1, 0.15) is 11.5 Å². The number of benzene rings is 1. The van der Waals surface area contributed by atoms with Crippen molar-refractivity contribution in [1.29, 1.82) is 0 Å². The van der Waals surface area contributed by atoms with Crippen LogP contribution in [-0.2, 0) is 12.8 Å². The van der Waals surface area contributed by atoms with Gasteiger partial charge < -0.3 is 14.8 Å². The summed E-state index contributed by atoms with van der Waals surface area (Å²) in [6.07, 6.45) is 3.83. The van der Waals surface area contributed by atoms with Crippen molar-refractivity contribution in [1.82, 2.24) is 5.32 Å². The molecule has 0 fully saturated rings. The van der Waals surface area contributed by atoms with E-state index in [1.165, 1.54) is 0 Å². The standard InChI is InChI=1S/C15H19NO3/c1-16-9-12(17)14-11-5-3-6-18-13(11)8-10-4-2-7-19-15(10)14/h8,16H,2-7,9H2,1H3. The van der Waals surface area contributed by atoms with Gasteiger partial charge in [-0.1, -0.05) is 0 Å². The number of ketones is 1. The monoisotopic (exact) mass is 261 g/mol. The fraction of sp³-hybridized carbons (Fsp3) is 0.533. The van der Waals surface area contributed by atoms with Crippen molar-refractivity contribution >= 4 is 5.78 Å². The van der Waals surface area contributed by atoms with Gasteiger partial charge in [-0.15, -0.1) is 0 Å². The smallest absolute Gasteiger partial charge is 0.180 e. The molecule has 4 heteroatoms. The van der Waals surface area contributed by atoms with Gasteiger partial charge in [0.2, 0.25) is 0 Å². The Morgan fingerprint density at radius 1 is 1.26 bits per heavy atom. The van der Waals surface area contributed by atoms with Crippen LogP contribution < -0.4 is 14.8 Å². The molecule has 1 N–H and O–H groups in total. The first-order valence-electron chi connectivity index (χ1n) is 6.93. The Hall–Kier alpha value is -1.55. The lowest BCUT2D eigenvalue weighted by Crippen LogP contribution is -2.24. The second kappa shape index (κ2) is 5.21. The molecule has 3 rings (SSSR count). The van der Waals surface area contributed by atoms with E-state index in [9.17, 15) is 4.79 Å². The van der Waals surface area contributed by atoms with Crippen molar-refractivity contribution in [2.45, 2.75) is 25.7 Å². The van der Waals surface area contributed by atoms with E-state index < -0.39 is 0 Å². The van der Waals surface area contributed by atoms with Gasteiger partial charge in [0, 0.05) is 5.56 Å². The minimum absolute atomic E-state index is 0.1000. The first-order valence-corrected chi connectivity index (χ1v) is 6.93. The highest BCUT2D eigenvalue weighted by atomic mass is 16.5. The van der Waals surface area contributed by atoms with Gasteiger partial charge in [-0.2, -0.15) is 0 Å². The van der Waals surface area contributed by atoms with Gasteiger partial charge >= 0.3 is 0 Å². The normalized spacial score (nSPS) is 16.9. The zero-order valence-electron chi connectivity index (χ0n) is 11.3. The quantitative estimate of drug-likeness (QED) is 0.842. The van der Waals surface area contributed by atoms with Crippen LogP contribution in [-0.4, -0.2) is 32.6 Å².